The molecule has 0 atom stereocenters. The number of hydrogen-bond donors (Lipinski definition) is 1. The molecule has 0 saturated heterocycles. The van der Waals surface area contributed by atoms with E-state index in [0.29, 0.717) is 12.6 Å². The predicted octanol–water partition coefficient (Wildman–Crippen LogP) is 3.95. The minimum atomic E-state index is -0.118. The molecule has 0 aliphatic rings. The van der Waals surface area contributed by atoms with Crippen molar-refractivity contribution in [3.05, 3.63) is 29.6 Å². The summed E-state index contributed by atoms with van der Waals surface area (Å²) in [5, 5.41) is 3.30. The first-order chi connectivity index (χ1) is 9.06. The van der Waals surface area contributed by atoms with Gasteiger partial charge in [-0.05, 0) is 18.6 Å². The normalized spacial score (nSPS) is 11.1. The predicted molar refractivity (Wildman–Crippen MR) is 81.2 cm³/mol. The van der Waals surface area contributed by atoms with Gasteiger partial charge in [-0.3, -0.25) is 0 Å². The SMILES string of the molecule is CCCCCN(C)c1cccc(F)c1CNC(C)C. The smallest absolute Gasteiger partial charge is 0.129 e. The van der Waals surface area contributed by atoms with Gasteiger partial charge in [-0.2, -0.15) is 0 Å². The molecule has 1 aromatic carbocycles. The fourth-order valence-corrected chi connectivity index (χ4v) is 2.11. The van der Waals surface area contributed by atoms with Gasteiger partial charge in [0.15, 0.2) is 0 Å². The lowest BCUT2D eigenvalue weighted by atomic mass is 10.1. The Bertz CT molecular complexity index is 377. The molecule has 2 nitrogen and oxygen atoms in total. The van der Waals surface area contributed by atoms with Crippen LogP contribution in [0.25, 0.3) is 0 Å². The molecule has 0 bridgehead atoms. The van der Waals surface area contributed by atoms with Gasteiger partial charge in [0.25, 0.3) is 0 Å². The summed E-state index contributed by atoms with van der Waals surface area (Å²) in [5.74, 6) is -0.118. The fourth-order valence-electron chi connectivity index (χ4n) is 2.11. The second kappa shape index (κ2) is 8.16. The van der Waals surface area contributed by atoms with Crippen molar-refractivity contribution in [1.29, 1.82) is 0 Å². The number of rotatable bonds is 8. The van der Waals surface area contributed by atoms with Crippen LogP contribution in [-0.4, -0.2) is 19.6 Å². The number of anilines is 1. The van der Waals surface area contributed by atoms with Crippen molar-refractivity contribution in [2.75, 3.05) is 18.5 Å². The molecule has 0 aliphatic carbocycles. The fraction of sp³-hybridized carbons (Fsp3) is 0.625. The van der Waals surface area contributed by atoms with Crippen LogP contribution in [0.2, 0.25) is 0 Å². The molecule has 0 spiro atoms. The van der Waals surface area contributed by atoms with Crippen LogP contribution >= 0.6 is 0 Å². The van der Waals surface area contributed by atoms with Gasteiger partial charge in [-0.25, -0.2) is 4.39 Å². The molecule has 1 aromatic rings. The van der Waals surface area contributed by atoms with Gasteiger partial charge >= 0.3 is 0 Å². The van der Waals surface area contributed by atoms with Crippen molar-refractivity contribution in [3.63, 3.8) is 0 Å². The highest BCUT2D eigenvalue weighted by Gasteiger charge is 2.12. The van der Waals surface area contributed by atoms with E-state index in [1.165, 1.54) is 12.8 Å². The molecule has 0 unspecified atom stereocenters. The summed E-state index contributed by atoms with van der Waals surface area (Å²) in [5.41, 5.74) is 1.78. The zero-order chi connectivity index (χ0) is 14.3. The van der Waals surface area contributed by atoms with Crippen LogP contribution in [0.4, 0.5) is 10.1 Å². The third-order valence-corrected chi connectivity index (χ3v) is 3.29. The lowest BCUT2D eigenvalue weighted by Gasteiger charge is -2.23. The molecule has 19 heavy (non-hydrogen) atoms. The van der Waals surface area contributed by atoms with Crippen LogP contribution in [0.3, 0.4) is 0 Å². The molecule has 1 N–H and O–H groups in total. The van der Waals surface area contributed by atoms with E-state index in [4.69, 9.17) is 0 Å². The first kappa shape index (κ1) is 16.0. The Hall–Kier alpha value is -1.09. The van der Waals surface area contributed by atoms with E-state index in [1.807, 2.05) is 13.1 Å². The van der Waals surface area contributed by atoms with Crippen molar-refractivity contribution in [1.82, 2.24) is 5.32 Å². The second-order valence-electron chi connectivity index (χ2n) is 5.40. The van der Waals surface area contributed by atoms with Crippen molar-refractivity contribution >= 4 is 5.69 Å². The summed E-state index contributed by atoms with van der Waals surface area (Å²) < 4.78 is 14.0. The van der Waals surface area contributed by atoms with E-state index in [-0.39, 0.29) is 5.82 Å². The molecule has 3 heteroatoms. The number of nitrogens with zero attached hydrogens (tertiary/aromatic N) is 1. The Kier molecular flexibility index (Phi) is 6.85. The van der Waals surface area contributed by atoms with Gasteiger partial charge in [0.05, 0.1) is 0 Å². The van der Waals surface area contributed by atoms with Gasteiger partial charge < -0.3 is 10.2 Å². The maximum Gasteiger partial charge on any atom is 0.129 e. The lowest BCUT2D eigenvalue weighted by Crippen LogP contribution is -2.26. The largest absolute Gasteiger partial charge is 0.374 e. The summed E-state index contributed by atoms with van der Waals surface area (Å²) in [6.45, 7) is 7.90. The average molecular weight is 266 g/mol. The Morgan fingerprint density at radius 1 is 1.26 bits per heavy atom. The van der Waals surface area contributed by atoms with Gasteiger partial charge in [-0.15, -0.1) is 0 Å². The van der Waals surface area contributed by atoms with Crippen LogP contribution in [-0.2, 0) is 6.54 Å². The van der Waals surface area contributed by atoms with Gasteiger partial charge in [0.2, 0.25) is 0 Å². The number of halogens is 1. The molecule has 0 fully saturated rings. The third-order valence-electron chi connectivity index (χ3n) is 3.29. The third kappa shape index (κ3) is 5.19. The Morgan fingerprint density at radius 3 is 2.63 bits per heavy atom. The van der Waals surface area contributed by atoms with Crippen molar-refractivity contribution in [2.45, 2.75) is 52.6 Å². The average Bonchev–Trinajstić information content (AvgIpc) is 2.37. The van der Waals surface area contributed by atoms with E-state index in [2.05, 4.69) is 31.0 Å². The van der Waals surface area contributed by atoms with Gasteiger partial charge in [0.1, 0.15) is 5.82 Å². The number of benzene rings is 1. The highest BCUT2D eigenvalue weighted by atomic mass is 19.1. The number of nitrogens with one attached hydrogen (secondary N) is 1. The monoisotopic (exact) mass is 266 g/mol. The maximum atomic E-state index is 14.0. The number of hydrogen-bond acceptors (Lipinski definition) is 2. The first-order valence-corrected chi connectivity index (χ1v) is 7.28. The van der Waals surface area contributed by atoms with Gasteiger partial charge in [-0.1, -0.05) is 39.7 Å². The molecular formula is C16H27FN2. The quantitative estimate of drug-likeness (QED) is 0.717. The van der Waals surface area contributed by atoms with Crippen molar-refractivity contribution in [3.8, 4) is 0 Å². The molecule has 0 radical (unpaired) electrons. The lowest BCUT2D eigenvalue weighted by molar-refractivity contribution is 0.552. The molecular weight excluding hydrogens is 239 g/mol. The van der Waals surface area contributed by atoms with Crippen LogP contribution in [0, 0.1) is 5.82 Å². The summed E-state index contributed by atoms with van der Waals surface area (Å²) in [6, 6.07) is 5.70. The summed E-state index contributed by atoms with van der Waals surface area (Å²) in [6.07, 6.45) is 3.58. The van der Waals surface area contributed by atoms with Crippen LogP contribution < -0.4 is 10.2 Å². The Labute approximate surface area is 117 Å². The maximum absolute atomic E-state index is 14.0. The standard InChI is InChI=1S/C16H27FN2/c1-5-6-7-11-19(4)16-10-8-9-15(17)14(16)12-18-13(2)3/h8-10,13,18H,5-7,11-12H2,1-4H3. The van der Waals surface area contributed by atoms with E-state index < -0.39 is 0 Å². The topological polar surface area (TPSA) is 15.3 Å². The van der Waals surface area contributed by atoms with Crippen molar-refractivity contribution < 1.29 is 4.39 Å². The number of unbranched alkanes of at least 4 members (excludes halogenated alkanes) is 2. The molecule has 0 aromatic heterocycles. The zero-order valence-electron chi connectivity index (χ0n) is 12.7. The highest BCUT2D eigenvalue weighted by molar-refractivity contribution is 5.53. The van der Waals surface area contributed by atoms with E-state index in [1.54, 1.807) is 12.1 Å². The Balaban J connectivity index is 2.77. The van der Waals surface area contributed by atoms with Crippen LogP contribution in [0.5, 0.6) is 0 Å². The highest BCUT2D eigenvalue weighted by Crippen LogP contribution is 2.22. The summed E-state index contributed by atoms with van der Waals surface area (Å²) in [7, 11) is 2.04. The minimum absolute atomic E-state index is 0.118. The van der Waals surface area contributed by atoms with Crippen molar-refractivity contribution in [2.24, 2.45) is 0 Å². The first-order valence-electron chi connectivity index (χ1n) is 7.28. The molecule has 0 heterocycles. The second-order valence-corrected chi connectivity index (χ2v) is 5.40. The molecule has 1 rings (SSSR count). The van der Waals surface area contributed by atoms with Gasteiger partial charge in [0, 0.05) is 37.4 Å². The van der Waals surface area contributed by atoms with E-state index in [9.17, 15) is 4.39 Å². The summed E-state index contributed by atoms with van der Waals surface area (Å²) >= 11 is 0. The minimum Gasteiger partial charge on any atom is -0.374 e. The zero-order valence-corrected chi connectivity index (χ0v) is 12.7. The Morgan fingerprint density at radius 2 is 2.00 bits per heavy atom. The van der Waals surface area contributed by atoms with Crippen LogP contribution in [0.1, 0.15) is 45.6 Å². The molecule has 0 aliphatic heterocycles. The summed E-state index contributed by atoms with van der Waals surface area (Å²) in [4.78, 5) is 2.16. The van der Waals surface area contributed by atoms with Crippen LogP contribution in [0.15, 0.2) is 18.2 Å². The van der Waals surface area contributed by atoms with E-state index >= 15 is 0 Å². The molecule has 0 saturated carbocycles. The van der Waals surface area contributed by atoms with E-state index in [0.717, 1.165) is 24.2 Å². The molecule has 0 amide bonds. The molecule has 108 valence electrons.